The number of benzene rings is 2. The first kappa shape index (κ1) is 12.6. The van der Waals surface area contributed by atoms with Gasteiger partial charge < -0.3 is 10.5 Å². The molecule has 0 bridgehead atoms. The minimum atomic E-state index is -0.365. The van der Waals surface area contributed by atoms with Gasteiger partial charge >= 0.3 is 5.97 Å². The average Bonchev–Trinajstić information content (AvgIpc) is 2.86. The van der Waals surface area contributed by atoms with Crippen molar-refractivity contribution >= 4 is 32.7 Å². The number of ether oxygens (including phenoxy) is 1. The van der Waals surface area contributed by atoms with Crippen LogP contribution in [0.5, 0.6) is 0 Å². The highest BCUT2D eigenvalue weighted by atomic mass is 32.1. The van der Waals surface area contributed by atoms with Crippen LogP contribution < -0.4 is 5.73 Å². The van der Waals surface area contributed by atoms with Crippen molar-refractivity contribution < 1.29 is 9.53 Å². The second-order valence-electron chi connectivity index (χ2n) is 4.28. The molecule has 0 aliphatic rings. The number of carbonyl (C=O) groups excluding carboxylic acids is 1. The number of rotatable bonds is 2. The molecule has 0 atom stereocenters. The van der Waals surface area contributed by atoms with Gasteiger partial charge in [0.15, 0.2) is 5.13 Å². The zero-order valence-corrected chi connectivity index (χ0v) is 11.6. The molecule has 0 fully saturated rings. The number of hydrogen-bond acceptors (Lipinski definition) is 5. The van der Waals surface area contributed by atoms with Gasteiger partial charge in [0.1, 0.15) is 0 Å². The van der Waals surface area contributed by atoms with E-state index in [4.69, 9.17) is 10.5 Å². The largest absolute Gasteiger partial charge is 0.465 e. The van der Waals surface area contributed by atoms with Crippen LogP contribution in [0.25, 0.3) is 21.3 Å². The molecule has 100 valence electrons. The van der Waals surface area contributed by atoms with Crippen molar-refractivity contribution in [3.05, 3.63) is 48.0 Å². The molecule has 1 heterocycles. The summed E-state index contributed by atoms with van der Waals surface area (Å²) in [6, 6.07) is 13.4. The molecule has 3 aromatic rings. The third-order valence-electron chi connectivity index (χ3n) is 3.02. The highest BCUT2D eigenvalue weighted by molar-refractivity contribution is 7.22. The zero-order chi connectivity index (χ0) is 14.1. The summed E-state index contributed by atoms with van der Waals surface area (Å²) in [5, 5.41) is 0.485. The molecule has 0 aliphatic carbocycles. The van der Waals surface area contributed by atoms with Gasteiger partial charge in [-0.15, -0.1) is 0 Å². The van der Waals surface area contributed by atoms with E-state index in [0.29, 0.717) is 10.7 Å². The number of nitrogens with two attached hydrogens (primary N) is 1. The Morgan fingerprint density at radius 3 is 2.70 bits per heavy atom. The Labute approximate surface area is 119 Å². The molecule has 2 N–H and O–H groups in total. The van der Waals surface area contributed by atoms with Crippen molar-refractivity contribution in [1.29, 1.82) is 0 Å². The maximum Gasteiger partial charge on any atom is 0.337 e. The van der Waals surface area contributed by atoms with E-state index < -0.39 is 0 Å². The Hall–Kier alpha value is -2.40. The van der Waals surface area contributed by atoms with Crippen LogP contribution in [0, 0.1) is 0 Å². The minimum Gasteiger partial charge on any atom is -0.465 e. The number of thiazole rings is 1. The highest BCUT2D eigenvalue weighted by Gasteiger charge is 2.14. The Balaban J connectivity index is 2.30. The van der Waals surface area contributed by atoms with Crippen LogP contribution in [0.15, 0.2) is 42.5 Å². The normalized spacial score (nSPS) is 10.7. The van der Waals surface area contributed by atoms with E-state index in [0.717, 1.165) is 21.3 Å². The third kappa shape index (κ3) is 2.12. The molecule has 0 spiro atoms. The average molecular weight is 284 g/mol. The lowest BCUT2D eigenvalue weighted by atomic mass is 10.0. The van der Waals surface area contributed by atoms with Gasteiger partial charge in [-0.3, -0.25) is 0 Å². The first-order chi connectivity index (χ1) is 9.69. The van der Waals surface area contributed by atoms with Crippen LogP contribution in [0.2, 0.25) is 0 Å². The van der Waals surface area contributed by atoms with Gasteiger partial charge in [-0.05, 0) is 17.7 Å². The van der Waals surface area contributed by atoms with Crippen LogP contribution in [-0.2, 0) is 4.74 Å². The monoisotopic (exact) mass is 284 g/mol. The molecule has 20 heavy (non-hydrogen) atoms. The number of nitrogen functional groups attached to an aromatic ring is 1. The van der Waals surface area contributed by atoms with Crippen LogP contribution in [0.3, 0.4) is 0 Å². The molecule has 0 radical (unpaired) electrons. The molecule has 4 nitrogen and oxygen atoms in total. The van der Waals surface area contributed by atoms with E-state index in [1.165, 1.54) is 18.4 Å². The molecule has 0 unspecified atom stereocenters. The maximum absolute atomic E-state index is 11.8. The summed E-state index contributed by atoms with van der Waals surface area (Å²) in [4.78, 5) is 16.1. The lowest BCUT2D eigenvalue weighted by molar-refractivity contribution is 0.0601. The van der Waals surface area contributed by atoms with Crippen molar-refractivity contribution in [2.45, 2.75) is 0 Å². The second kappa shape index (κ2) is 4.94. The molecule has 1 aromatic heterocycles. The molecular weight excluding hydrogens is 272 g/mol. The molecule has 0 saturated heterocycles. The first-order valence-corrected chi connectivity index (χ1v) is 6.84. The van der Waals surface area contributed by atoms with Crippen LogP contribution in [0.1, 0.15) is 10.4 Å². The van der Waals surface area contributed by atoms with Gasteiger partial charge in [-0.2, -0.15) is 0 Å². The summed E-state index contributed by atoms with van der Waals surface area (Å²) in [6.45, 7) is 0. The van der Waals surface area contributed by atoms with E-state index in [1.54, 1.807) is 12.1 Å². The van der Waals surface area contributed by atoms with Gasteiger partial charge in [-0.25, -0.2) is 9.78 Å². The predicted octanol–water partition coefficient (Wildman–Crippen LogP) is 3.33. The molecule has 5 heteroatoms. The Morgan fingerprint density at radius 1 is 1.25 bits per heavy atom. The van der Waals surface area contributed by atoms with E-state index in [1.807, 2.05) is 30.3 Å². The van der Waals surface area contributed by atoms with Gasteiger partial charge in [0.25, 0.3) is 0 Å². The predicted molar refractivity (Wildman–Crippen MR) is 80.8 cm³/mol. The van der Waals surface area contributed by atoms with Crippen molar-refractivity contribution in [1.82, 2.24) is 4.98 Å². The number of anilines is 1. The van der Waals surface area contributed by atoms with Crippen LogP contribution in [-0.4, -0.2) is 18.1 Å². The van der Waals surface area contributed by atoms with E-state index in [9.17, 15) is 4.79 Å². The fourth-order valence-electron chi connectivity index (χ4n) is 2.12. The van der Waals surface area contributed by atoms with Crippen molar-refractivity contribution in [3.8, 4) is 11.1 Å². The van der Waals surface area contributed by atoms with E-state index >= 15 is 0 Å². The fraction of sp³-hybridized carbons (Fsp3) is 0.0667. The smallest absolute Gasteiger partial charge is 0.337 e. The number of nitrogens with zero attached hydrogens (tertiary/aromatic N) is 1. The summed E-state index contributed by atoms with van der Waals surface area (Å²) in [6.07, 6.45) is 0. The fourth-order valence-corrected chi connectivity index (χ4v) is 2.92. The van der Waals surface area contributed by atoms with Gasteiger partial charge in [0.2, 0.25) is 0 Å². The zero-order valence-electron chi connectivity index (χ0n) is 10.8. The summed E-state index contributed by atoms with van der Waals surface area (Å²) in [5.74, 6) is -0.365. The molecular formula is C15H12N2O2S. The Kier molecular flexibility index (Phi) is 3.12. The minimum absolute atomic E-state index is 0.365. The second-order valence-corrected chi connectivity index (χ2v) is 5.34. The number of aromatic nitrogens is 1. The number of carbonyl (C=O) groups is 1. The topological polar surface area (TPSA) is 65.2 Å². The number of methoxy groups -OCH3 is 1. The number of hydrogen-bond donors (Lipinski definition) is 1. The third-order valence-corrected chi connectivity index (χ3v) is 3.85. The summed E-state index contributed by atoms with van der Waals surface area (Å²) in [5.41, 5.74) is 8.98. The molecule has 0 aliphatic heterocycles. The molecule has 0 amide bonds. The number of fused-ring (bicyclic) bond motifs is 1. The summed E-state index contributed by atoms with van der Waals surface area (Å²) >= 11 is 1.36. The molecule has 0 saturated carbocycles. The standard InChI is InChI=1S/C15H12N2O2S/c1-19-14(18)10-7-11(9-5-3-2-4-6-9)13-12(8-10)20-15(16)17-13/h2-8H,1H3,(H2,16,17). The molecule has 2 aromatic carbocycles. The SMILES string of the molecule is COC(=O)c1cc(-c2ccccc2)c2nc(N)sc2c1. The summed E-state index contributed by atoms with van der Waals surface area (Å²) < 4.78 is 5.68. The van der Waals surface area contributed by atoms with Gasteiger partial charge in [-0.1, -0.05) is 41.7 Å². The highest BCUT2D eigenvalue weighted by Crippen LogP contribution is 2.34. The van der Waals surface area contributed by atoms with Gasteiger partial charge in [0, 0.05) is 5.56 Å². The lowest BCUT2D eigenvalue weighted by Crippen LogP contribution is -2.01. The maximum atomic E-state index is 11.8. The van der Waals surface area contributed by atoms with Crippen molar-refractivity contribution in [2.75, 3.05) is 12.8 Å². The van der Waals surface area contributed by atoms with E-state index in [-0.39, 0.29) is 5.97 Å². The van der Waals surface area contributed by atoms with Crippen LogP contribution in [0.4, 0.5) is 5.13 Å². The summed E-state index contributed by atoms with van der Waals surface area (Å²) in [7, 11) is 1.37. The van der Waals surface area contributed by atoms with Gasteiger partial charge in [0.05, 0.1) is 22.9 Å². The number of esters is 1. The van der Waals surface area contributed by atoms with Crippen LogP contribution >= 0.6 is 11.3 Å². The van der Waals surface area contributed by atoms with Crippen molar-refractivity contribution in [3.63, 3.8) is 0 Å². The van der Waals surface area contributed by atoms with E-state index in [2.05, 4.69) is 4.98 Å². The quantitative estimate of drug-likeness (QED) is 0.733. The first-order valence-electron chi connectivity index (χ1n) is 6.03. The van der Waals surface area contributed by atoms with Crippen molar-refractivity contribution in [2.24, 2.45) is 0 Å². The lowest BCUT2D eigenvalue weighted by Gasteiger charge is -2.06. The molecule has 3 rings (SSSR count). The Morgan fingerprint density at radius 2 is 2.00 bits per heavy atom. The Bertz CT molecular complexity index is 781.